The maximum Gasteiger partial charge on any atom is 0.261 e. The molecule has 1 aliphatic rings. The molecule has 24 heavy (non-hydrogen) atoms. The Labute approximate surface area is 142 Å². The third kappa shape index (κ3) is 3.78. The predicted octanol–water partition coefficient (Wildman–Crippen LogP) is 2.97. The summed E-state index contributed by atoms with van der Waals surface area (Å²) in [6.45, 7) is 6.10. The SMILES string of the molecule is CC(Oc1ccc(C(C)C)cc1)C(=O)NC1CCc2cn[nH]c2C1. The van der Waals surface area contributed by atoms with Crippen LogP contribution in [-0.4, -0.2) is 28.3 Å². The standard InChI is InChI=1S/C19H25N3O2/c1-12(2)14-5-8-17(9-6-14)24-13(3)19(23)21-16-7-4-15-11-20-22-18(15)10-16/h5-6,8-9,11-13,16H,4,7,10H2,1-3H3,(H,20,22)(H,21,23). The Morgan fingerprint density at radius 1 is 1.29 bits per heavy atom. The highest BCUT2D eigenvalue weighted by molar-refractivity contribution is 5.81. The zero-order valence-electron chi connectivity index (χ0n) is 14.5. The van der Waals surface area contributed by atoms with Gasteiger partial charge in [0.15, 0.2) is 6.10 Å². The van der Waals surface area contributed by atoms with Crippen LogP contribution in [0.5, 0.6) is 5.75 Å². The minimum Gasteiger partial charge on any atom is -0.481 e. The highest BCUT2D eigenvalue weighted by atomic mass is 16.5. The van der Waals surface area contributed by atoms with Gasteiger partial charge in [0.05, 0.1) is 6.20 Å². The van der Waals surface area contributed by atoms with E-state index in [1.165, 1.54) is 11.1 Å². The van der Waals surface area contributed by atoms with E-state index in [0.717, 1.165) is 30.7 Å². The molecule has 1 aliphatic carbocycles. The van der Waals surface area contributed by atoms with E-state index in [4.69, 9.17) is 4.74 Å². The number of carbonyl (C=O) groups is 1. The molecule has 0 spiro atoms. The summed E-state index contributed by atoms with van der Waals surface area (Å²) in [6.07, 6.45) is 4.05. The molecule has 5 nitrogen and oxygen atoms in total. The molecule has 0 saturated carbocycles. The average molecular weight is 327 g/mol. The summed E-state index contributed by atoms with van der Waals surface area (Å²) in [5.41, 5.74) is 3.65. The highest BCUT2D eigenvalue weighted by Gasteiger charge is 2.24. The molecular weight excluding hydrogens is 302 g/mol. The van der Waals surface area contributed by atoms with E-state index < -0.39 is 6.10 Å². The van der Waals surface area contributed by atoms with Crippen molar-refractivity contribution >= 4 is 5.91 Å². The van der Waals surface area contributed by atoms with Gasteiger partial charge in [0.2, 0.25) is 0 Å². The third-order valence-corrected chi connectivity index (χ3v) is 4.60. The zero-order valence-corrected chi connectivity index (χ0v) is 14.5. The van der Waals surface area contributed by atoms with Crippen LogP contribution in [-0.2, 0) is 17.6 Å². The number of nitrogens with zero attached hydrogens (tertiary/aromatic N) is 1. The summed E-state index contributed by atoms with van der Waals surface area (Å²) in [5, 5.41) is 10.2. The van der Waals surface area contributed by atoms with Crippen LogP contribution in [0.3, 0.4) is 0 Å². The maximum absolute atomic E-state index is 12.4. The van der Waals surface area contributed by atoms with Crippen LogP contribution in [0.4, 0.5) is 0 Å². The van der Waals surface area contributed by atoms with Crippen molar-refractivity contribution in [3.05, 3.63) is 47.3 Å². The minimum atomic E-state index is -0.516. The largest absolute Gasteiger partial charge is 0.481 e. The number of H-pyrrole nitrogens is 1. The van der Waals surface area contributed by atoms with Crippen molar-refractivity contribution in [1.29, 1.82) is 0 Å². The lowest BCUT2D eigenvalue weighted by molar-refractivity contribution is -0.128. The van der Waals surface area contributed by atoms with Crippen molar-refractivity contribution in [2.45, 2.75) is 58.1 Å². The van der Waals surface area contributed by atoms with Crippen LogP contribution < -0.4 is 10.1 Å². The molecule has 1 aromatic heterocycles. The lowest BCUT2D eigenvalue weighted by atomic mass is 9.93. The number of ether oxygens (including phenoxy) is 1. The summed E-state index contributed by atoms with van der Waals surface area (Å²) < 4.78 is 5.77. The first-order valence-corrected chi connectivity index (χ1v) is 8.61. The van der Waals surface area contributed by atoms with Gasteiger partial charge in [0.25, 0.3) is 5.91 Å². The lowest BCUT2D eigenvalue weighted by Crippen LogP contribution is -2.44. The summed E-state index contributed by atoms with van der Waals surface area (Å²) >= 11 is 0. The molecule has 2 N–H and O–H groups in total. The summed E-state index contributed by atoms with van der Waals surface area (Å²) in [7, 11) is 0. The van der Waals surface area contributed by atoms with E-state index in [9.17, 15) is 4.79 Å². The second-order valence-electron chi connectivity index (χ2n) is 6.81. The molecule has 0 saturated heterocycles. The quantitative estimate of drug-likeness (QED) is 0.887. The van der Waals surface area contributed by atoms with Crippen molar-refractivity contribution in [2.24, 2.45) is 0 Å². The number of fused-ring (bicyclic) bond motifs is 1. The van der Waals surface area contributed by atoms with Gasteiger partial charge in [0, 0.05) is 18.2 Å². The van der Waals surface area contributed by atoms with Crippen LogP contribution in [0.1, 0.15) is 49.9 Å². The fourth-order valence-corrected chi connectivity index (χ4v) is 3.04. The molecule has 2 atom stereocenters. The number of aryl methyl sites for hydroxylation is 1. The summed E-state index contributed by atoms with van der Waals surface area (Å²) in [4.78, 5) is 12.4. The molecule has 1 amide bonds. The predicted molar refractivity (Wildman–Crippen MR) is 93.2 cm³/mol. The van der Waals surface area contributed by atoms with Crippen LogP contribution in [0.15, 0.2) is 30.5 Å². The van der Waals surface area contributed by atoms with Gasteiger partial charge in [-0.3, -0.25) is 9.89 Å². The van der Waals surface area contributed by atoms with Crippen molar-refractivity contribution in [3.8, 4) is 5.75 Å². The second-order valence-corrected chi connectivity index (χ2v) is 6.81. The smallest absolute Gasteiger partial charge is 0.261 e. The Balaban J connectivity index is 1.53. The molecule has 5 heteroatoms. The van der Waals surface area contributed by atoms with Crippen molar-refractivity contribution in [2.75, 3.05) is 0 Å². The van der Waals surface area contributed by atoms with E-state index in [1.54, 1.807) is 6.92 Å². The number of aromatic amines is 1. The van der Waals surface area contributed by atoms with Crippen molar-refractivity contribution < 1.29 is 9.53 Å². The van der Waals surface area contributed by atoms with Crippen LogP contribution in [0.25, 0.3) is 0 Å². The topological polar surface area (TPSA) is 67.0 Å². The number of nitrogens with one attached hydrogen (secondary N) is 2. The highest BCUT2D eigenvalue weighted by Crippen LogP contribution is 2.21. The van der Waals surface area contributed by atoms with Gasteiger partial charge < -0.3 is 10.1 Å². The van der Waals surface area contributed by atoms with E-state index in [2.05, 4.69) is 29.4 Å². The molecule has 0 radical (unpaired) electrons. The maximum atomic E-state index is 12.4. The first kappa shape index (κ1) is 16.6. The lowest BCUT2D eigenvalue weighted by Gasteiger charge is -2.24. The number of benzene rings is 1. The van der Waals surface area contributed by atoms with E-state index in [-0.39, 0.29) is 11.9 Å². The summed E-state index contributed by atoms with van der Waals surface area (Å²) in [5.74, 6) is 1.14. The molecule has 128 valence electrons. The van der Waals surface area contributed by atoms with Crippen molar-refractivity contribution in [1.82, 2.24) is 15.5 Å². The Morgan fingerprint density at radius 3 is 2.75 bits per heavy atom. The molecule has 0 bridgehead atoms. The molecule has 0 fully saturated rings. The zero-order chi connectivity index (χ0) is 17.1. The fourth-order valence-electron chi connectivity index (χ4n) is 3.04. The number of carbonyl (C=O) groups excluding carboxylic acids is 1. The van der Waals surface area contributed by atoms with Gasteiger partial charge >= 0.3 is 0 Å². The fraction of sp³-hybridized carbons (Fsp3) is 0.474. The van der Waals surface area contributed by atoms with Gasteiger partial charge in [0.1, 0.15) is 5.75 Å². The van der Waals surface area contributed by atoms with E-state index in [1.807, 2.05) is 30.5 Å². The second kappa shape index (κ2) is 7.07. The molecule has 2 unspecified atom stereocenters. The van der Waals surface area contributed by atoms with E-state index >= 15 is 0 Å². The van der Waals surface area contributed by atoms with Gasteiger partial charge in [-0.15, -0.1) is 0 Å². The Kier molecular flexibility index (Phi) is 4.88. The molecule has 0 aliphatic heterocycles. The van der Waals surface area contributed by atoms with Crippen LogP contribution in [0, 0.1) is 0 Å². The minimum absolute atomic E-state index is 0.0732. The summed E-state index contributed by atoms with van der Waals surface area (Å²) in [6, 6.07) is 8.09. The van der Waals surface area contributed by atoms with Gasteiger partial charge in [-0.05, 0) is 48.9 Å². The molecule has 3 rings (SSSR count). The molecular formula is C19H25N3O2. The van der Waals surface area contributed by atoms with Gasteiger partial charge in [-0.25, -0.2) is 0 Å². The first-order valence-electron chi connectivity index (χ1n) is 8.61. The Hall–Kier alpha value is -2.30. The third-order valence-electron chi connectivity index (χ3n) is 4.60. The first-order chi connectivity index (χ1) is 11.5. The number of aromatic nitrogens is 2. The van der Waals surface area contributed by atoms with Gasteiger partial charge in [-0.2, -0.15) is 5.10 Å². The number of hydrogen-bond donors (Lipinski definition) is 2. The molecule has 1 heterocycles. The van der Waals surface area contributed by atoms with Crippen LogP contribution in [0.2, 0.25) is 0 Å². The molecule has 1 aromatic carbocycles. The number of hydrogen-bond acceptors (Lipinski definition) is 3. The molecule has 2 aromatic rings. The Morgan fingerprint density at radius 2 is 2.04 bits per heavy atom. The number of rotatable bonds is 5. The Bertz CT molecular complexity index is 691. The van der Waals surface area contributed by atoms with E-state index in [0.29, 0.717) is 5.92 Å². The van der Waals surface area contributed by atoms with Crippen LogP contribution >= 0.6 is 0 Å². The monoisotopic (exact) mass is 327 g/mol. The normalized spacial score (nSPS) is 18.1. The average Bonchev–Trinajstić information content (AvgIpc) is 3.03. The number of amides is 1. The van der Waals surface area contributed by atoms with Gasteiger partial charge in [-0.1, -0.05) is 26.0 Å². The van der Waals surface area contributed by atoms with Crippen molar-refractivity contribution in [3.63, 3.8) is 0 Å².